The van der Waals surface area contributed by atoms with Gasteiger partial charge in [-0.2, -0.15) is 0 Å². The summed E-state index contributed by atoms with van der Waals surface area (Å²) in [5, 5.41) is 0. The molecule has 1 heterocycles. The predicted octanol–water partition coefficient (Wildman–Crippen LogP) is 1.83. The highest BCUT2D eigenvalue weighted by molar-refractivity contribution is 5.73. The molecule has 1 aromatic heterocycles. The Balaban J connectivity index is 2.09. The van der Waals surface area contributed by atoms with Crippen LogP contribution in [0.5, 0.6) is 5.88 Å². The van der Waals surface area contributed by atoms with Crippen LogP contribution in [0.25, 0.3) is 0 Å². The molecule has 1 aromatic rings. The third kappa shape index (κ3) is 1.86. The van der Waals surface area contributed by atoms with Crippen LogP contribution in [-0.2, 0) is 0 Å². The van der Waals surface area contributed by atoms with Crippen LogP contribution in [0.1, 0.15) is 30.1 Å². The standard InChI is InChI=1S/C10H11NO2/c1-10(4-5-10)13-9-3-2-8(7-12)6-11-9/h2-3,6-7H,4-5H2,1H3. The second-order valence-electron chi connectivity index (χ2n) is 3.60. The van der Waals surface area contributed by atoms with E-state index in [4.69, 9.17) is 4.74 Å². The summed E-state index contributed by atoms with van der Waals surface area (Å²) in [5.74, 6) is 0.602. The Labute approximate surface area is 76.7 Å². The Morgan fingerprint density at radius 2 is 2.31 bits per heavy atom. The molecule has 0 unspecified atom stereocenters. The first-order valence-corrected chi connectivity index (χ1v) is 4.32. The number of rotatable bonds is 3. The molecule has 0 N–H and O–H groups in total. The van der Waals surface area contributed by atoms with Crippen LogP contribution in [-0.4, -0.2) is 16.9 Å². The normalized spacial score (nSPS) is 17.9. The molecule has 0 aliphatic heterocycles. The summed E-state index contributed by atoms with van der Waals surface area (Å²) in [4.78, 5) is 14.4. The lowest BCUT2D eigenvalue weighted by atomic mass is 10.3. The quantitative estimate of drug-likeness (QED) is 0.661. The molecule has 0 spiro atoms. The minimum atomic E-state index is -0.00427. The lowest BCUT2D eigenvalue weighted by molar-refractivity contribution is 0.112. The zero-order chi connectivity index (χ0) is 9.31. The van der Waals surface area contributed by atoms with Gasteiger partial charge in [-0.3, -0.25) is 4.79 Å². The van der Waals surface area contributed by atoms with Crippen LogP contribution in [0.4, 0.5) is 0 Å². The summed E-state index contributed by atoms with van der Waals surface area (Å²) in [5.41, 5.74) is 0.573. The summed E-state index contributed by atoms with van der Waals surface area (Å²) in [6.45, 7) is 2.06. The monoisotopic (exact) mass is 177 g/mol. The van der Waals surface area contributed by atoms with Crippen molar-refractivity contribution in [2.24, 2.45) is 0 Å². The maximum atomic E-state index is 10.3. The molecule has 13 heavy (non-hydrogen) atoms. The van der Waals surface area contributed by atoms with E-state index in [0.717, 1.165) is 19.1 Å². The molecule has 1 aliphatic rings. The van der Waals surface area contributed by atoms with Gasteiger partial charge in [-0.05, 0) is 25.8 Å². The van der Waals surface area contributed by atoms with Gasteiger partial charge in [-0.1, -0.05) is 0 Å². The smallest absolute Gasteiger partial charge is 0.213 e. The van der Waals surface area contributed by atoms with E-state index >= 15 is 0 Å². The van der Waals surface area contributed by atoms with Crippen LogP contribution in [0.3, 0.4) is 0 Å². The fourth-order valence-corrected chi connectivity index (χ4v) is 1.05. The summed E-state index contributed by atoms with van der Waals surface area (Å²) < 4.78 is 5.59. The highest BCUT2D eigenvalue weighted by atomic mass is 16.5. The van der Waals surface area contributed by atoms with E-state index < -0.39 is 0 Å². The van der Waals surface area contributed by atoms with Gasteiger partial charge in [0.25, 0.3) is 0 Å². The number of aldehydes is 1. The van der Waals surface area contributed by atoms with Crippen LogP contribution in [0.2, 0.25) is 0 Å². The number of hydrogen-bond donors (Lipinski definition) is 0. The van der Waals surface area contributed by atoms with Crippen molar-refractivity contribution in [1.29, 1.82) is 0 Å². The van der Waals surface area contributed by atoms with Gasteiger partial charge >= 0.3 is 0 Å². The van der Waals surface area contributed by atoms with Crippen molar-refractivity contribution in [3.63, 3.8) is 0 Å². The van der Waals surface area contributed by atoms with Crippen molar-refractivity contribution in [2.45, 2.75) is 25.4 Å². The fourth-order valence-electron chi connectivity index (χ4n) is 1.05. The Kier molecular flexibility index (Phi) is 1.79. The van der Waals surface area contributed by atoms with Gasteiger partial charge in [0, 0.05) is 17.8 Å². The number of pyridine rings is 1. The average molecular weight is 177 g/mol. The SMILES string of the molecule is CC1(Oc2ccc(C=O)cn2)CC1. The van der Waals surface area contributed by atoms with Crippen molar-refractivity contribution in [3.05, 3.63) is 23.9 Å². The molecule has 0 bridgehead atoms. The average Bonchev–Trinajstić information content (AvgIpc) is 2.85. The molecule has 3 heteroatoms. The number of nitrogens with zero attached hydrogens (tertiary/aromatic N) is 1. The molecular weight excluding hydrogens is 166 g/mol. The lowest BCUT2D eigenvalue weighted by Gasteiger charge is -2.10. The summed E-state index contributed by atoms with van der Waals surface area (Å²) in [6, 6.07) is 3.44. The van der Waals surface area contributed by atoms with Gasteiger partial charge in [-0.15, -0.1) is 0 Å². The maximum Gasteiger partial charge on any atom is 0.213 e. The van der Waals surface area contributed by atoms with E-state index in [1.54, 1.807) is 12.1 Å². The molecule has 0 radical (unpaired) electrons. The van der Waals surface area contributed by atoms with E-state index in [1.807, 2.05) is 0 Å². The van der Waals surface area contributed by atoms with Gasteiger partial charge in [0.2, 0.25) is 5.88 Å². The number of carbonyl (C=O) groups is 1. The molecule has 2 rings (SSSR count). The first kappa shape index (κ1) is 8.23. The molecule has 0 saturated heterocycles. The molecule has 1 aliphatic carbocycles. The fraction of sp³-hybridized carbons (Fsp3) is 0.400. The van der Waals surface area contributed by atoms with Gasteiger partial charge in [-0.25, -0.2) is 4.98 Å². The molecule has 0 aromatic carbocycles. The third-order valence-electron chi connectivity index (χ3n) is 2.20. The Bertz CT molecular complexity index is 314. The highest BCUT2D eigenvalue weighted by Gasteiger charge is 2.40. The van der Waals surface area contributed by atoms with E-state index in [0.29, 0.717) is 11.4 Å². The van der Waals surface area contributed by atoms with Gasteiger partial charge in [0.15, 0.2) is 6.29 Å². The molecule has 1 fully saturated rings. The van der Waals surface area contributed by atoms with Crippen LogP contribution in [0, 0.1) is 0 Å². The van der Waals surface area contributed by atoms with E-state index in [-0.39, 0.29) is 5.60 Å². The summed E-state index contributed by atoms with van der Waals surface area (Å²) in [7, 11) is 0. The Morgan fingerprint density at radius 3 is 2.77 bits per heavy atom. The van der Waals surface area contributed by atoms with Crippen molar-refractivity contribution in [1.82, 2.24) is 4.98 Å². The topological polar surface area (TPSA) is 39.2 Å². The van der Waals surface area contributed by atoms with Gasteiger partial charge in [0.05, 0.1) is 0 Å². The van der Waals surface area contributed by atoms with Crippen LogP contribution in [0.15, 0.2) is 18.3 Å². The van der Waals surface area contributed by atoms with Crippen molar-refractivity contribution >= 4 is 6.29 Å². The Hall–Kier alpha value is -1.38. The first-order chi connectivity index (χ1) is 6.22. The number of aromatic nitrogens is 1. The number of hydrogen-bond acceptors (Lipinski definition) is 3. The van der Waals surface area contributed by atoms with Crippen molar-refractivity contribution in [2.75, 3.05) is 0 Å². The maximum absolute atomic E-state index is 10.3. The molecule has 68 valence electrons. The first-order valence-electron chi connectivity index (χ1n) is 4.32. The molecule has 0 atom stereocenters. The van der Waals surface area contributed by atoms with Crippen LogP contribution >= 0.6 is 0 Å². The second kappa shape index (κ2) is 2.83. The summed E-state index contributed by atoms with van der Waals surface area (Å²) in [6.07, 6.45) is 4.47. The van der Waals surface area contributed by atoms with Crippen LogP contribution < -0.4 is 4.74 Å². The van der Waals surface area contributed by atoms with E-state index in [2.05, 4.69) is 11.9 Å². The highest BCUT2D eigenvalue weighted by Crippen LogP contribution is 2.38. The summed E-state index contributed by atoms with van der Waals surface area (Å²) >= 11 is 0. The third-order valence-corrected chi connectivity index (χ3v) is 2.20. The largest absolute Gasteiger partial charge is 0.471 e. The van der Waals surface area contributed by atoms with E-state index in [1.165, 1.54) is 6.20 Å². The van der Waals surface area contributed by atoms with Crippen molar-refractivity contribution < 1.29 is 9.53 Å². The van der Waals surface area contributed by atoms with E-state index in [9.17, 15) is 4.79 Å². The molecule has 1 saturated carbocycles. The lowest BCUT2D eigenvalue weighted by Crippen LogP contribution is -2.12. The minimum Gasteiger partial charge on any atom is -0.471 e. The van der Waals surface area contributed by atoms with Gasteiger partial charge < -0.3 is 4.74 Å². The number of carbonyl (C=O) groups excluding carboxylic acids is 1. The second-order valence-corrected chi connectivity index (χ2v) is 3.60. The van der Waals surface area contributed by atoms with Crippen molar-refractivity contribution in [3.8, 4) is 5.88 Å². The molecular formula is C10H11NO2. The molecule has 0 amide bonds. The van der Waals surface area contributed by atoms with Gasteiger partial charge in [0.1, 0.15) is 5.60 Å². The predicted molar refractivity (Wildman–Crippen MR) is 47.9 cm³/mol. The minimum absolute atomic E-state index is 0.00427. The number of ether oxygens (including phenoxy) is 1. The molecule has 3 nitrogen and oxygen atoms in total. The zero-order valence-electron chi connectivity index (χ0n) is 7.49. The Morgan fingerprint density at radius 1 is 1.54 bits per heavy atom. The zero-order valence-corrected chi connectivity index (χ0v) is 7.49.